The summed E-state index contributed by atoms with van der Waals surface area (Å²) in [7, 11) is 0. The van der Waals surface area contributed by atoms with Crippen molar-refractivity contribution in [2.24, 2.45) is 0 Å². The number of aliphatic hydroxyl groups is 5. The third kappa shape index (κ3) is 52.2. The van der Waals surface area contributed by atoms with Gasteiger partial charge in [-0.3, -0.25) is 9.59 Å². The molecule has 11 nitrogen and oxygen atoms in total. The van der Waals surface area contributed by atoms with Crippen molar-refractivity contribution in [2.45, 2.75) is 397 Å². The molecule has 0 radical (unpaired) electrons. The molecule has 11 heteroatoms. The first kappa shape index (κ1) is 84.1. The van der Waals surface area contributed by atoms with Gasteiger partial charge < -0.3 is 45.1 Å². The molecule has 1 aliphatic heterocycles. The van der Waals surface area contributed by atoms with Crippen LogP contribution in [0.4, 0.5) is 0 Å². The molecule has 1 amide bonds. The smallest absolute Gasteiger partial charge is 0.306 e. The Balaban J connectivity index is 2.54. The SMILES string of the molecule is CCCCC/C=C\C/C=C\C/C=C\CCCCCCCCCC(O)C(=O)NC(COC1OC(CO)C(O)C(O)C1OC(=O)CCCCCCCCCCCCCCCCCCC/C=C\C/C=C\CCCCC)C(O)/C=C/CCCCCCCCCCCCC. The number of ether oxygens (including phenoxy) is 3. The van der Waals surface area contributed by atoms with E-state index in [-0.39, 0.29) is 19.4 Å². The highest BCUT2D eigenvalue weighted by atomic mass is 16.7. The molecule has 1 heterocycles. The Hall–Kier alpha value is -2.90. The van der Waals surface area contributed by atoms with Gasteiger partial charge in [0.1, 0.15) is 24.4 Å². The second-order valence-electron chi connectivity index (χ2n) is 26.0. The molecule has 8 atom stereocenters. The first-order chi connectivity index (χ1) is 43.7. The fraction of sp³-hybridized carbons (Fsp3) is 0.821. The summed E-state index contributed by atoms with van der Waals surface area (Å²) in [6, 6.07) is -1.03. The Labute approximate surface area is 547 Å². The average molecular weight is 1250 g/mol. The van der Waals surface area contributed by atoms with Gasteiger partial charge in [0, 0.05) is 6.42 Å². The lowest BCUT2D eigenvalue weighted by Gasteiger charge is -2.41. The predicted octanol–water partition coefficient (Wildman–Crippen LogP) is 19.9. The number of rotatable bonds is 65. The quantitative estimate of drug-likeness (QED) is 0.0195. The van der Waals surface area contributed by atoms with E-state index in [9.17, 15) is 35.1 Å². The Morgan fingerprint density at radius 2 is 0.775 bits per heavy atom. The molecular formula is C78H141NO10. The van der Waals surface area contributed by atoms with Gasteiger partial charge in [-0.25, -0.2) is 0 Å². The zero-order valence-corrected chi connectivity index (χ0v) is 57.8. The lowest BCUT2D eigenvalue weighted by molar-refractivity contribution is -0.305. The second-order valence-corrected chi connectivity index (χ2v) is 26.0. The van der Waals surface area contributed by atoms with Gasteiger partial charge >= 0.3 is 5.97 Å². The molecule has 8 unspecified atom stereocenters. The van der Waals surface area contributed by atoms with E-state index in [1.165, 1.54) is 212 Å². The number of esters is 1. The number of nitrogens with one attached hydrogen (secondary N) is 1. The molecule has 0 bridgehead atoms. The molecule has 1 saturated heterocycles. The van der Waals surface area contributed by atoms with Crippen molar-refractivity contribution < 1.29 is 49.3 Å². The van der Waals surface area contributed by atoms with Crippen LogP contribution in [0, 0.1) is 0 Å². The molecule has 1 rings (SSSR count). The monoisotopic (exact) mass is 1250 g/mol. The fourth-order valence-electron chi connectivity index (χ4n) is 11.6. The van der Waals surface area contributed by atoms with E-state index in [0.29, 0.717) is 12.8 Å². The molecule has 1 fully saturated rings. The average Bonchev–Trinajstić information content (AvgIpc) is 3.14. The van der Waals surface area contributed by atoms with Crippen molar-refractivity contribution in [3.8, 4) is 0 Å². The summed E-state index contributed by atoms with van der Waals surface area (Å²) in [5.41, 5.74) is 0. The first-order valence-corrected chi connectivity index (χ1v) is 37.7. The van der Waals surface area contributed by atoms with Crippen molar-refractivity contribution in [1.29, 1.82) is 0 Å². The number of hydrogen-bond donors (Lipinski definition) is 6. The van der Waals surface area contributed by atoms with Crippen LogP contribution in [0.15, 0.2) is 72.9 Å². The van der Waals surface area contributed by atoms with Crippen molar-refractivity contribution in [2.75, 3.05) is 13.2 Å². The van der Waals surface area contributed by atoms with E-state index < -0.39 is 67.4 Å². The number of unbranched alkanes of at least 4 members (excludes halogenated alkanes) is 41. The van der Waals surface area contributed by atoms with Crippen LogP contribution < -0.4 is 5.32 Å². The molecule has 0 aromatic heterocycles. The predicted molar refractivity (Wildman–Crippen MR) is 375 cm³/mol. The Kier molecular flexibility index (Phi) is 61.6. The van der Waals surface area contributed by atoms with Crippen molar-refractivity contribution in [3.63, 3.8) is 0 Å². The van der Waals surface area contributed by atoms with Gasteiger partial charge in [-0.05, 0) is 96.3 Å². The van der Waals surface area contributed by atoms with Crippen molar-refractivity contribution >= 4 is 11.9 Å². The molecule has 0 aromatic carbocycles. The van der Waals surface area contributed by atoms with Crippen LogP contribution in [-0.4, -0.2) is 99.6 Å². The number of carbonyl (C=O) groups is 2. The van der Waals surface area contributed by atoms with E-state index >= 15 is 0 Å². The van der Waals surface area contributed by atoms with Crippen LogP contribution in [0.1, 0.15) is 348 Å². The van der Waals surface area contributed by atoms with Crippen molar-refractivity contribution in [3.05, 3.63) is 72.9 Å². The molecular weight excluding hydrogens is 1110 g/mol. The summed E-state index contributed by atoms with van der Waals surface area (Å²) >= 11 is 0. The van der Waals surface area contributed by atoms with Crippen LogP contribution in [0.3, 0.4) is 0 Å². The number of hydrogen-bond acceptors (Lipinski definition) is 10. The minimum Gasteiger partial charge on any atom is -0.454 e. The maximum atomic E-state index is 13.5. The number of carbonyl (C=O) groups excluding carboxylic acids is 2. The highest BCUT2D eigenvalue weighted by molar-refractivity contribution is 5.80. The minimum absolute atomic E-state index is 0.123. The van der Waals surface area contributed by atoms with Gasteiger partial charge in [0.15, 0.2) is 12.4 Å². The molecule has 0 saturated carbocycles. The fourth-order valence-corrected chi connectivity index (χ4v) is 11.6. The van der Waals surface area contributed by atoms with Crippen LogP contribution in [0.5, 0.6) is 0 Å². The van der Waals surface area contributed by atoms with Crippen molar-refractivity contribution in [1.82, 2.24) is 5.32 Å². The van der Waals surface area contributed by atoms with Gasteiger partial charge in [-0.2, -0.15) is 0 Å². The lowest BCUT2D eigenvalue weighted by Crippen LogP contribution is -2.61. The van der Waals surface area contributed by atoms with Gasteiger partial charge in [0.25, 0.3) is 0 Å². The highest BCUT2D eigenvalue weighted by Crippen LogP contribution is 2.26. The second kappa shape index (κ2) is 65.2. The summed E-state index contributed by atoms with van der Waals surface area (Å²) in [6.45, 7) is 5.78. The number of allylic oxidation sites excluding steroid dienone is 11. The molecule has 0 spiro atoms. The summed E-state index contributed by atoms with van der Waals surface area (Å²) < 4.78 is 17.7. The Morgan fingerprint density at radius 1 is 0.438 bits per heavy atom. The highest BCUT2D eigenvalue weighted by Gasteiger charge is 2.47. The molecule has 0 aromatic rings. The lowest BCUT2D eigenvalue weighted by atomic mass is 9.99. The maximum Gasteiger partial charge on any atom is 0.306 e. The molecule has 89 heavy (non-hydrogen) atoms. The van der Waals surface area contributed by atoms with Gasteiger partial charge in [0.05, 0.1) is 25.4 Å². The molecule has 1 aliphatic rings. The van der Waals surface area contributed by atoms with E-state index in [4.69, 9.17) is 14.2 Å². The summed E-state index contributed by atoms with van der Waals surface area (Å²) in [5.74, 6) is -1.19. The normalized spacial score (nSPS) is 18.5. The van der Waals surface area contributed by atoms with E-state index in [1.807, 2.05) is 6.08 Å². The topological polar surface area (TPSA) is 175 Å². The van der Waals surface area contributed by atoms with Gasteiger partial charge in [-0.1, -0.05) is 318 Å². The molecule has 518 valence electrons. The standard InChI is InChI=1S/C78H141NO10/c1-4-7-10-13-16-19-22-25-27-29-31-33-34-35-36-37-38-39-41-43-45-48-51-54-57-60-63-66-73(83)89-76-75(85)74(84)72(67-80)88-78(76)87-68-69(70(81)64-61-58-55-52-49-46-24-21-18-15-12-9-6-3)79-77(86)71(82)65-62-59-56-53-50-47-44-42-40-32-30-28-26-23-20-17-14-11-8-5-2/h16-17,19-20,25-28,32,40,61,64,69-72,74-76,78,80-82,84-85H,4-15,18,21-24,29-31,33-39,41-60,62-63,65-68H2,1-3H3,(H,79,86)/b19-16-,20-17-,27-25-,28-26-,40-32-,64-61+. The first-order valence-electron chi connectivity index (χ1n) is 37.7. The van der Waals surface area contributed by atoms with Crippen LogP contribution in [0.25, 0.3) is 0 Å². The summed E-state index contributed by atoms with van der Waals surface area (Å²) in [5, 5.41) is 57.3. The van der Waals surface area contributed by atoms with Crippen LogP contribution in [0.2, 0.25) is 0 Å². The van der Waals surface area contributed by atoms with Gasteiger partial charge in [0.2, 0.25) is 5.91 Å². The van der Waals surface area contributed by atoms with Gasteiger partial charge in [-0.15, -0.1) is 0 Å². The molecule has 0 aliphatic carbocycles. The summed E-state index contributed by atoms with van der Waals surface area (Å²) in [6.07, 6.45) is 75.1. The zero-order valence-electron chi connectivity index (χ0n) is 57.8. The zero-order chi connectivity index (χ0) is 64.6. The Morgan fingerprint density at radius 3 is 1.18 bits per heavy atom. The van der Waals surface area contributed by atoms with E-state index in [1.54, 1.807) is 6.08 Å². The maximum absolute atomic E-state index is 13.5. The largest absolute Gasteiger partial charge is 0.454 e. The Bertz CT molecular complexity index is 1730. The van der Waals surface area contributed by atoms with Crippen LogP contribution >= 0.6 is 0 Å². The number of aliphatic hydroxyl groups excluding tert-OH is 5. The van der Waals surface area contributed by atoms with Crippen LogP contribution in [-0.2, 0) is 23.8 Å². The van der Waals surface area contributed by atoms with E-state index in [2.05, 4.69) is 86.8 Å². The van der Waals surface area contributed by atoms with E-state index in [0.717, 1.165) is 89.9 Å². The number of amides is 1. The third-order valence-electron chi connectivity index (χ3n) is 17.6. The molecule has 6 N–H and O–H groups in total. The minimum atomic E-state index is -1.62. The third-order valence-corrected chi connectivity index (χ3v) is 17.6. The summed E-state index contributed by atoms with van der Waals surface area (Å²) in [4.78, 5) is 26.7.